The number of benzene rings is 2. The molecule has 0 bridgehead atoms. The quantitative estimate of drug-likeness (QED) is 0.404. The topological polar surface area (TPSA) is 71.7 Å². The lowest BCUT2D eigenvalue weighted by molar-refractivity contribution is -0.116. The SMILES string of the molecule is CCc1c(CC(C)=O)c2cc(OCCCC(O)O)ccc2n1Cc1ccccc1. The fourth-order valence-corrected chi connectivity index (χ4v) is 3.80. The van der Waals surface area contributed by atoms with Gasteiger partial charge in [-0.05, 0) is 49.1 Å². The van der Waals surface area contributed by atoms with Crippen molar-refractivity contribution in [1.82, 2.24) is 4.57 Å². The molecule has 1 aromatic heterocycles. The number of aliphatic hydroxyl groups excluding tert-OH is 1. The van der Waals surface area contributed by atoms with Gasteiger partial charge in [0.1, 0.15) is 11.5 Å². The van der Waals surface area contributed by atoms with Crippen molar-refractivity contribution in [3.05, 3.63) is 65.4 Å². The Bertz CT molecular complexity index is 960. The normalized spacial score (nSPS) is 11.3. The van der Waals surface area contributed by atoms with Gasteiger partial charge in [-0.2, -0.15) is 0 Å². The summed E-state index contributed by atoms with van der Waals surface area (Å²) in [6, 6.07) is 16.3. The highest BCUT2D eigenvalue weighted by molar-refractivity contribution is 5.91. The molecule has 0 aliphatic rings. The van der Waals surface area contributed by atoms with Crippen molar-refractivity contribution in [1.29, 1.82) is 0 Å². The molecule has 3 aromatic rings. The van der Waals surface area contributed by atoms with Crippen LogP contribution in [0.1, 0.15) is 43.5 Å². The van der Waals surface area contributed by atoms with E-state index >= 15 is 0 Å². The average molecular weight is 395 g/mol. The fourth-order valence-electron chi connectivity index (χ4n) is 3.80. The van der Waals surface area contributed by atoms with E-state index in [9.17, 15) is 4.79 Å². The number of hydrogen-bond acceptors (Lipinski definition) is 4. The number of rotatable bonds is 10. The van der Waals surface area contributed by atoms with Gasteiger partial charge in [-0.25, -0.2) is 0 Å². The Kier molecular flexibility index (Phi) is 7.07. The Hall–Kier alpha value is -2.63. The number of ether oxygens (including phenoxy) is 1. The highest BCUT2D eigenvalue weighted by Gasteiger charge is 2.18. The van der Waals surface area contributed by atoms with Crippen LogP contribution in [0.25, 0.3) is 10.9 Å². The maximum atomic E-state index is 12.0. The second kappa shape index (κ2) is 9.72. The number of aliphatic hydroxyl groups is 2. The smallest absolute Gasteiger partial charge is 0.151 e. The van der Waals surface area contributed by atoms with E-state index < -0.39 is 6.29 Å². The monoisotopic (exact) mass is 395 g/mol. The molecule has 2 aromatic carbocycles. The molecule has 0 saturated heterocycles. The minimum Gasteiger partial charge on any atom is -0.494 e. The van der Waals surface area contributed by atoms with Crippen molar-refractivity contribution in [2.75, 3.05) is 6.61 Å². The van der Waals surface area contributed by atoms with Crippen molar-refractivity contribution in [2.45, 2.75) is 52.4 Å². The average Bonchev–Trinajstić information content (AvgIpc) is 2.97. The summed E-state index contributed by atoms with van der Waals surface area (Å²) in [5.74, 6) is 0.871. The van der Waals surface area contributed by atoms with Crippen LogP contribution in [0.3, 0.4) is 0 Å². The Morgan fingerprint density at radius 3 is 2.55 bits per heavy atom. The summed E-state index contributed by atoms with van der Waals surface area (Å²) in [4.78, 5) is 12.0. The molecule has 0 radical (unpaired) electrons. The third kappa shape index (κ3) is 5.25. The first-order valence-electron chi connectivity index (χ1n) is 10.2. The molecule has 0 aliphatic carbocycles. The third-order valence-corrected chi connectivity index (χ3v) is 5.08. The zero-order valence-electron chi connectivity index (χ0n) is 17.1. The molecule has 0 saturated carbocycles. The first kappa shape index (κ1) is 21.1. The van der Waals surface area contributed by atoms with Gasteiger partial charge < -0.3 is 19.5 Å². The fraction of sp³-hybridized carbons (Fsp3) is 0.375. The minimum absolute atomic E-state index is 0.140. The van der Waals surface area contributed by atoms with Gasteiger partial charge in [-0.3, -0.25) is 4.79 Å². The van der Waals surface area contributed by atoms with E-state index in [0.717, 1.165) is 35.2 Å². The number of aromatic nitrogens is 1. The van der Waals surface area contributed by atoms with Crippen LogP contribution in [0.15, 0.2) is 48.5 Å². The first-order valence-corrected chi connectivity index (χ1v) is 10.2. The standard InChI is InChI=1S/C24H29NO4/c1-3-22-20(14-17(2)26)21-15-19(29-13-7-10-24(27)28)11-12-23(21)25(22)16-18-8-5-4-6-9-18/h4-6,8-9,11-12,15,24,27-28H,3,7,10,13-14,16H2,1-2H3. The predicted octanol–water partition coefficient (Wildman–Crippen LogP) is 3.85. The zero-order chi connectivity index (χ0) is 20.8. The maximum Gasteiger partial charge on any atom is 0.151 e. The summed E-state index contributed by atoms with van der Waals surface area (Å²) in [5.41, 5.74) is 4.57. The van der Waals surface area contributed by atoms with E-state index in [0.29, 0.717) is 19.4 Å². The number of ketones is 1. The van der Waals surface area contributed by atoms with E-state index in [4.69, 9.17) is 14.9 Å². The van der Waals surface area contributed by atoms with Gasteiger partial charge in [0, 0.05) is 36.0 Å². The van der Waals surface area contributed by atoms with Crippen LogP contribution in [0, 0.1) is 0 Å². The number of Topliss-reactive ketones (excluding diaryl/α,β-unsaturated/α-hetero) is 1. The summed E-state index contributed by atoms with van der Waals surface area (Å²) in [6.07, 6.45) is 0.787. The number of nitrogens with zero attached hydrogens (tertiary/aromatic N) is 1. The maximum absolute atomic E-state index is 12.0. The van der Waals surface area contributed by atoms with E-state index in [2.05, 4.69) is 29.7 Å². The van der Waals surface area contributed by atoms with E-state index in [1.807, 2.05) is 30.3 Å². The first-order chi connectivity index (χ1) is 14.0. The summed E-state index contributed by atoms with van der Waals surface area (Å²) in [7, 11) is 0. The summed E-state index contributed by atoms with van der Waals surface area (Å²) >= 11 is 0. The molecule has 3 rings (SSSR count). The van der Waals surface area contributed by atoms with Crippen molar-refractivity contribution >= 4 is 16.7 Å². The van der Waals surface area contributed by atoms with Crippen LogP contribution in [-0.4, -0.2) is 33.5 Å². The van der Waals surface area contributed by atoms with Crippen LogP contribution >= 0.6 is 0 Å². The van der Waals surface area contributed by atoms with Crippen LogP contribution in [0.4, 0.5) is 0 Å². The molecule has 1 heterocycles. The number of fused-ring (bicyclic) bond motifs is 1. The van der Waals surface area contributed by atoms with Crippen molar-refractivity contribution in [2.24, 2.45) is 0 Å². The molecule has 0 unspecified atom stereocenters. The van der Waals surface area contributed by atoms with Crippen LogP contribution in [0.2, 0.25) is 0 Å². The van der Waals surface area contributed by atoms with E-state index in [-0.39, 0.29) is 12.2 Å². The molecule has 0 atom stereocenters. The molecular weight excluding hydrogens is 366 g/mol. The lowest BCUT2D eigenvalue weighted by atomic mass is 10.0. The van der Waals surface area contributed by atoms with Gasteiger partial charge in [-0.1, -0.05) is 37.3 Å². The van der Waals surface area contributed by atoms with Gasteiger partial charge >= 0.3 is 0 Å². The van der Waals surface area contributed by atoms with Gasteiger partial charge in [0.05, 0.1) is 6.61 Å². The summed E-state index contributed by atoms with van der Waals surface area (Å²) in [6.45, 7) is 4.92. The number of carbonyl (C=O) groups is 1. The largest absolute Gasteiger partial charge is 0.494 e. The Morgan fingerprint density at radius 2 is 1.90 bits per heavy atom. The molecule has 0 amide bonds. The molecule has 0 fully saturated rings. The molecule has 5 nitrogen and oxygen atoms in total. The number of carbonyl (C=O) groups excluding carboxylic acids is 1. The van der Waals surface area contributed by atoms with Gasteiger partial charge in [-0.15, -0.1) is 0 Å². The summed E-state index contributed by atoms with van der Waals surface area (Å²) < 4.78 is 8.11. The molecule has 154 valence electrons. The summed E-state index contributed by atoms with van der Waals surface area (Å²) in [5, 5.41) is 19.0. The molecule has 0 aliphatic heterocycles. The lowest BCUT2D eigenvalue weighted by Gasteiger charge is -2.11. The van der Waals surface area contributed by atoms with Crippen molar-refractivity contribution in [3.63, 3.8) is 0 Å². The Balaban J connectivity index is 1.98. The zero-order valence-corrected chi connectivity index (χ0v) is 17.1. The predicted molar refractivity (Wildman–Crippen MR) is 114 cm³/mol. The highest BCUT2D eigenvalue weighted by Crippen LogP contribution is 2.31. The van der Waals surface area contributed by atoms with E-state index in [1.54, 1.807) is 6.92 Å². The Labute approximate surface area is 171 Å². The van der Waals surface area contributed by atoms with Gasteiger partial charge in [0.2, 0.25) is 0 Å². The Morgan fingerprint density at radius 1 is 1.14 bits per heavy atom. The second-order valence-corrected chi connectivity index (χ2v) is 7.38. The van der Waals surface area contributed by atoms with Gasteiger partial charge in [0.15, 0.2) is 6.29 Å². The second-order valence-electron chi connectivity index (χ2n) is 7.38. The molecule has 2 N–H and O–H groups in total. The molecular formula is C24H29NO4. The van der Waals surface area contributed by atoms with Crippen molar-refractivity contribution in [3.8, 4) is 5.75 Å². The van der Waals surface area contributed by atoms with Crippen LogP contribution in [-0.2, 0) is 24.2 Å². The highest BCUT2D eigenvalue weighted by atomic mass is 16.5. The minimum atomic E-state index is -1.30. The number of hydrogen-bond donors (Lipinski definition) is 2. The molecule has 0 spiro atoms. The van der Waals surface area contributed by atoms with Crippen molar-refractivity contribution < 1.29 is 19.7 Å². The molecule has 29 heavy (non-hydrogen) atoms. The van der Waals surface area contributed by atoms with E-state index in [1.165, 1.54) is 11.3 Å². The van der Waals surface area contributed by atoms with Crippen LogP contribution in [0.5, 0.6) is 5.75 Å². The van der Waals surface area contributed by atoms with Crippen LogP contribution < -0.4 is 4.74 Å². The van der Waals surface area contributed by atoms with Gasteiger partial charge in [0.25, 0.3) is 0 Å². The molecule has 5 heteroatoms. The third-order valence-electron chi connectivity index (χ3n) is 5.08. The lowest BCUT2D eigenvalue weighted by Crippen LogP contribution is -2.07.